The van der Waals surface area contributed by atoms with Crippen molar-refractivity contribution in [2.24, 2.45) is 0 Å². The van der Waals surface area contributed by atoms with Gasteiger partial charge in [-0.2, -0.15) is 0 Å². The topological polar surface area (TPSA) is 69.6 Å². The Morgan fingerprint density at radius 2 is 2.24 bits per heavy atom. The van der Waals surface area contributed by atoms with Crippen molar-refractivity contribution in [3.05, 3.63) is 29.3 Å². The summed E-state index contributed by atoms with van der Waals surface area (Å²) in [6.45, 7) is 2.21. The van der Waals surface area contributed by atoms with Gasteiger partial charge in [-0.05, 0) is 30.7 Å². The van der Waals surface area contributed by atoms with Gasteiger partial charge >= 0.3 is 5.97 Å². The second-order valence-corrected chi connectivity index (χ2v) is 4.24. The van der Waals surface area contributed by atoms with Crippen LogP contribution in [0, 0.1) is 0 Å². The molecular weight excluding hydrogens is 220 g/mol. The highest BCUT2D eigenvalue weighted by Gasteiger charge is 2.23. The number of carbonyl (C=O) groups excluding carboxylic acids is 1. The Labute approximate surface area is 99.0 Å². The number of aromatic carboxylic acids is 1. The number of carbonyl (C=O) groups is 2. The largest absolute Gasteiger partial charge is 0.478 e. The predicted octanol–water partition coefficient (Wildman–Crippen LogP) is 1.16. The lowest BCUT2D eigenvalue weighted by atomic mass is 10.1. The lowest BCUT2D eigenvalue weighted by Crippen LogP contribution is -2.35. The van der Waals surface area contributed by atoms with Crippen molar-refractivity contribution in [3.63, 3.8) is 0 Å². The van der Waals surface area contributed by atoms with Gasteiger partial charge in [0.2, 0.25) is 5.91 Å². The molecule has 1 amide bonds. The molecule has 90 valence electrons. The van der Waals surface area contributed by atoms with Gasteiger partial charge in [0, 0.05) is 19.3 Å². The third-order valence-electron chi connectivity index (χ3n) is 2.88. The number of nitrogens with zero attached hydrogens (tertiary/aromatic N) is 1. The van der Waals surface area contributed by atoms with Crippen molar-refractivity contribution in [3.8, 4) is 0 Å². The summed E-state index contributed by atoms with van der Waals surface area (Å²) in [7, 11) is 1.71. The number of rotatable bonds is 1. The first kappa shape index (κ1) is 11.4. The number of anilines is 1. The number of likely N-dealkylation sites (N-methyl/N-ethyl adjacent to an activating group) is 1. The molecule has 5 nitrogen and oxygen atoms in total. The lowest BCUT2D eigenvalue weighted by Gasteiger charge is -2.16. The van der Waals surface area contributed by atoms with Crippen molar-refractivity contribution < 1.29 is 14.7 Å². The van der Waals surface area contributed by atoms with E-state index in [0.29, 0.717) is 6.54 Å². The minimum Gasteiger partial charge on any atom is -0.478 e. The third kappa shape index (κ3) is 2.08. The van der Waals surface area contributed by atoms with Crippen molar-refractivity contribution >= 4 is 17.6 Å². The standard InChI is InChI=1S/C12H14N2O3/c1-7-11(15)14(2)6-9-5-8(12(16)17)3-4-10(9)13-7/h3-5,7,13H,6H2,1-2H3,(H,16,17)/t7-/m1/s1. The van der Waals surface area contributed by atoms with Crippen LogP contribution in [0.4, 0.5) is 5.69 Å². The van der Waals surface area contributed by atoms with E-state index in [4.69, 9.17) is 5.11 Å². The molecule has 0 bridgehead atoms. The SMILES string of the molecule is C[C@H]1Nc2ccc(C(=O)O)cc2CN(C)C1=O. The van der Waals surface area contributed by atoms with Crippen LogP contribution in [-0.4, -0.2) is 35.0 Å². The van der Waals surface area contributed by atoms with Crippen LogP contribution in [0.1, 0.15) is 22.8 Å². The van der Waals surface area contributed by atoms with Crippen LogP contribution in [0.2, 0.25) is 0 Å². The zero-order valence-electron chi connectivity index (χ0n) is 9.73. The number of carboxylic acid groups (broad SMARTS) is 1. The molecule has 5 heteroatoms. The lowest BCUT2D eigenvalue weighted by molar-refractivity contribution is -0.130. The van der Waals surface area contributed by atoms with E-state index in [-0.39, 0.29) is 17.5 Å². The van der Waals surface area contributed by atoms with Crippen LogP contribution < -0.4 is 5.32 Å². The molecule has 1 aliphatic rings. The molecule has 0 unspecified atom stereocenters. The highest BCUT2D eigenvalue weighted by Crippen LogP contribution is 2.23. The summed E-state index contributed by atoms with van der Waals surface area (Å²) < 4.78 is 0. The van der Waals surface area contributed by atoms with Gasteiger partial charge in [-0.25, -0.2) is 4.79 Å². The number of amides is 1. The smallest absolute Gasteiger partial charge is 0.335 e. The van der Waals surface area contributed by atoms with E-state index in [1.165, 1.54) is 6.07 Å². The van der Waals surface area contributed by atoms with Crippen LogP contribution in [0.15, 0.2) is 18.2 Å². The molecule has 1 aliphatic heterocycles. The highest BCUT2D eigenvalue weighted by atomic mass is 16.4. The quantitative estimate of drug-likeness (QED) is 0.765. The van der Waals surface area contributed by atoms with Gasteiger partial charge in [-0.15, -0.1) is 0 Å². The summed E-state index contributed by atoms with van der Waals surface area (Å²) in [5.74, 6) is -0.961. The van der Waals surface area contributed by atoms with E-state index in [2.05, 4.69) is 5.32 Å². The van der Waals surface area contributed by atoms with Crippen LogP contribution in [0.5, 0.6) is 0 Å². The molecule has 1 aromatic carbocycles. The number of hydrogen-bond donors (Lipinski definition) is 2. The Balaban J connectivity index is 2.43. The van der Waals surface area contributed by atoms with E-state index < -0.39 is 5.97 Å². The Bertz CT molecular complexity index is 485. The van der Waals surface area contributed by atoms with E-state index in [9.17, 15) is 9.59 Å². The second-order valence-electron chi connectivity index (χ2n) is 4.24. The van der Waals surface area contributed by atoms with Gasteiger partial charge < -0.3 is 15.3 Å². The molecule has 0 saturated heterocycles. The number of nitrogens with one attached hydrogen (secondary N) is 1. The summed E-state index contributed by atoms with van der Waals surface area (Å²) in [5.41, 5.74) is 1.88. The zero-order valence-corrected chi connectivity index (χ0v) is 9.73. The zero-order chi connectivity index (χ0) is 12.6. The van der Waals surface area contributed by atoms with Crippen molar-refractivity contribution in [2.75, 3.05) is 12.4 Å². The number of carboxylic acids is 1. The fraction of sp³-hybridized carbons (Fsp3) is 0.333. The first-order chi connectivity index (χ1) is 7.99. The molecule has 1 atom stereocenters. The molecule has 2 N–H and O–H groups in total. The molecule has 0 fully saturated rings. The van der Waals surface area contributed by atoms with Crippen LogP contribution in [-0.2, 0) is 11.3 Å². The molecule has 2 rings (SSSR count). The fourth-order valence-electron chi connectivity index (χ4n) is 1.96. The van der Waals surface area contributed by atoms with Gasteiger partial charge in [0.1, 0.15) is 6.04 Å². The highest BCUT2D eigenvalue weighted by molar-refractivity contribution is 5.90. The summed E-state index contributed by atoms with van der Waals surface area (Å²) in [5, 5.41) is 12.0. The van der Waals surface area contributed by atoms with E-state index in [1.807, 2.05) is 0 Å². The minimum atomic E-state index is -0.959. The summed E-state index contributed by atoms with van der Waals surface area (Å²) in [6, 6.07) is 4.56. The van der Waals surface area contributed by atoms with Crippen molar-refractivity contribution in [2.45, 2.75) is 19.5 Å². The molecular formula is C12H14N2O3. The summed E-state index contributed by atoms with van der Waals surface area (Å²) in [6.07, 6.45) is 0. The van der Waals surface area contributed by atoms with Crippen LogP contribution >= 0.6 is 0 Å². The molecule has 0 radical (unpaired) electrons. The Kier molecular flexibility index (Phi) is 2.75. The van der Waals surface area contributed by atoms with Gasteiger partial charge in [0.15, 0.2) is 0 Å². The van der Waals surface area contributed by atoms with E-state index in [0.717, 1.165) is 11.3 Å². The first-order valence-corrected chi connectivity index (χ1v) is 5.37. The minimum absolute atomic E-state index is 0.00178. The van der Waals surface area contributed by atoms with Gasteiger partial charge in [0.25, 0.3) is 0 Å². The third-order valence-corrected chi connectivity index (χ3v) is 2.88. The Morgan fingerprint density at radius 1 is 1.53 bits per heavy atom. The normalized spacial score (nSPS) is 19.3. The first-order valence-electron chi connectivity index (χ1n) is 5.37. The van der Waals surface area contributed by atoms with E-state index in [1.54, 1.807) is 31.0 Å². The molecule has 17 heavy (non-hydrogen) atoms. The maximum absolute atomic E-state index is 11.8. The molecule has 0 spiro atoms. The molecule has 0 saturated carbocycles. The molecule has 1 aromatic rings. The molecule has 1 heterocycles. The average molecular weight is 234 g/mol. The Morgan fingerprint density at radius 3 is 2.88 bits per heavy atom. The monoisotopic (exact) mass is 234 g/mol. The second kappa shape index (κ2) is 4.08. The fourth-order valence-corrected chi connectivity index (χ4v) is 1.96. The maximum Gasteiger partial charge on any atom is 0.335 e. The maximum atomic E-state index is 11.8. The number of benzene rings is 1. The van der Waals surface area contributed by atoms with E-state index >= 15 is 0 Å². The van der Waals surface area contributed by atoms with Crippen LogP contribution in [0.25, 0.3) is 0 Å². The van der Waals surface area contributed by atoms with Gasteiger partial charge in [-0.1, -0.05) is 0 Å². The molecule has 0 aliphatic carbocycles. The predicted molar refractivity (Wildman–Crippen MR) is 63.0 cm³/mol. The Hall–Kier alpha value is -2.04. The average Bonchev–Trinajstić information content (AvgIpc) is 2.38. The van der Waals surface area contributed by atoms with Gasteiger partial charge in [0.05, 0.1) is 5.56 Å². The number of hydrogen-bond acceptors (Lipinski definition) is 3. The van der Waals surface area contributed by atoms with Crippen LogP contribution in [0.3, 0.4) is 0 Å². The summed E-state index contributed by atoms with van der Waals surface area (Å²) >= 11 is 0. The van der Waals surface area contributed by atoms with Gasteiger partial charge in [-0.3, -0.25) is 4.79 Å². The number of fused-ring (bicyclic) bond motifs is 1. The summed E-state index contributed by atoms with van der Waals surface area (Å²) in [4.78, 5) is 24.3. The van der Waals surface area contributed by atoms with Crippen molar-refractivity contribution in [1.29, 1.82) is 0 Å². The van der Waals surface area contributed by atoms with Crippen molar-refractivity contribution in [1.82, 2.24) is 4.90 Å². The molecule has 0 aromatic heterocycles.